The van der Waals surface area contributed by atoms with Crippen molar-refractivity contribution in [2.75, 3.05) is 7.11 Å². The van der Waals surface area contributed by atoms with Crippen molar-refractivity contribution in [2.45, 2.75) is 52.4 Å². The van der Waals surface area contributed by atoms with E-state index in [1.54, 1.807) is 20.8 Å². The molecule has 1 aromatic heterocycles. The van der Waals surface area contributed by atoms with Crippen molar-refractivity contribution in [1.29, 1.82) is 0 Å². The summed E-state index contributed by atoms with van der Waals surface area (Å²) in [6, 6.07) is 0. The molecular weight excluding hydrogens is 273 g/mol. The van der Waals surface area contributed by atoms with Crippen molar-refractivity contribution < 1.29 is 22.7 Å². The molecule has 0 radical (unpaired) electrons. The Morgan fingerprint density at radius 1 is 1.35 bits per heavy atom. The van der Waals surface area contributed by atoms with Crippen LogP contribution in [0.5, 0.6) is 0 Å². The zero-order chi connectivity index (χ0) is 15.5. The highest BCUT2D eigenvalue weighted by molar-refractivity contribution is 6.02. The maximum Gasteiger partial charge on any atom is 0.455 e. The highest BCUT2D eigenvalue weighted by Gasteiger charge is 2.42. The molecular formula is C13H19F3N2O2. The number of hydrogen-bond donors (Lipinski definition) is 0. The van der Waals surface area contributed by atoms with Crippen LogP contribution in [-0.4, -0.2) is 35.0 Å². The zero-order valence-electron chi connectivity index (χ0n) is 12.0. The minimum atomic E-state index is -4.88. The monoisotopic (exact) mass is 292 g/mol. The molecule has 0 saturated heterocycles. The third-order valence-corrected chi connectivity index (χ3v) is 3.12. The van der Waals surface area contributed by atoms with E-state index in [4.69, 9.17) is 4.74 Å². The maximum atomic E-state index is 12.7. The van der Waals surface area contributed by atoms with Crippen LogP contribution in [0.4, 0.5) is 13.2 Å². The molecule has 0 saturated carbocycles. The standard InChI is InChI=1S/C13H19F3N2O2/c1-5-9-11(12(19)13(14,15)16)10(6-2)18(17-9)7-8(3)20-4/h8H,5-7H2,1-4H3. The van der Waals surface area contributed by atoms with E-state index in [1.807, 2.05) is 0 Å². The van der Waals surface area contributed by atoms with Gasteiger partial charge in [0.2, 0.25) is 0 Å². The summed E-state index contributed by atoms with van der Waals surface area (Å²) in [5, 5.41) is 4.14. The van der Waals surface area contributed by atoms with Crippen molar-refractivity contribution >= 4 is 5.78 Å². The molecule has 0 aromatic carbocycles. The van der Waals surface area contributed by atoms with Crippen LogP contribution in [0.2, 0.25) is 0 Å². The Hall–Kier alpha value is -1.37. The molecule has 20 heavy (non-hydrogen) atoms. The predicted molar refractivity (Wildman–Crippen MR) is 67.8 cm³/mol. The summed E-state index contributed by atoms with van der Waals surface area (Å²) in [6.07, 6.45) is -4.49. The van der Waals surface area contributed by atoms with Crippen molar-refractivity contribution in [3.63, 3.8) is 0 Å². The average molecular weight is 292 g/mol. The lowest BCUT2D eigenvalue weighted by Crippen LogP contribution is -2.25. The summed E-state index contributed by atoms with van der Waals surface area (Å²) in [7, 11) is 1.52. The number of carbonyl (C=O) groups is 1. The number of carbonyl (C=O) groups excluding carboxylic acids is 1. The molecule has 0 bridgehead atoms. The molecule has 0 fully saturated rings. The Bertz CT molecular complexity index is 481. The van der Waals surface area contributed by atoms with E-state index in [9.17, 15) is 18.0 Å². The summed E-state index contributed by atoms with van der Waals surface area (Å²) in [5.41, 5.74) is 0.200. The number of Topliss-reactive ketones (excluding diaryl/α,β-unsaturated/α-hetero) is 1. The second-order valence-electron chi connectivity index (χ2n) is 4.53. The van der Waals surface area contributed by atoms with Crippen LogP contribution < -0.4 is 0 Å². The fraction of sp³-hybridized carbons (Fsp3) is 0.692. The molecule has 7 heteroatoms. The molecule has 0 spiro atoms. The Morgan fingerprint density at radius 3 is 2.35 bits per heavy atom. The highest BCUT2D eigenvalue weighted by Crippen LogP contribution is 2.27. The maximum absolute atomic E-state index is 12.7. The third kappa shape index (κ3) is 3.39. The number of halogens is 3. The zero-order valence-corrected chi connectivity index (χ0v) is 12.0. The predicted octanol–water partition coefficient (Wildman–Crippen LogP) is 2.79. The average Bonchev–Trinajstić information content (AvgIpc) is 2.73. The molecule has 1 aromatic rings. The first-order valence-electron chi connectivity index (χ1n) is 6.49. The minimum absolute atomic E-state index is 0.187. The van der Waals surface area contributed by atoms with E-state index in [-0.39, 0.29) is 23.8 Å². The van der Waals surface area contributed by atoms with Gasteiger partial charge in [-0.1, -0.05) is 13.8 Å². The molecule has 1 rings (SSSR count). The van der Waals surface area contributed by atoms with Gasteiger partial charge in [0, 0.05) is 12.8 Å². The van der Waals surface area contributed by atoms with Crippen LogP contribution in [0.25, 0.3) is 0 Å². The number of nitrogens with zero attached hydrogens (tertiary/aromatic N) is 2. The normalized spacial score (nSPS) is 13.6. The third-order valence-electron chi connectivity index (χ3n) is 3.12. The van der Waals surface area contributed by atoms with Crippen LogP contribution in [0.1, 0.15) is 42.5 Å². The second-order valence-corrected chi connectivity index (χ2v) is 4.53. The number of ketones is 1. The Morgan fingerprint density at radius 2 is 1.95 bits per heavy atom. The number of rotatable bonds is 6. The molecule has 1 atom stereocenters. The molecule has 0 aliphatic heterocycles. The largest absolute Gasteiger partial charge is 0.455 e. The molecule has 4 nitrogen and oxygen atoms in total. The van der Waals surface area contributed by atoms with Crippen LogP contribution in [-0.2, 0) is 24.1 Å². The van der Waals surface area contributed by atoms with Crippen LogP contribution >= 0.6 is 0 Å². The molecule has 114 valence electrons. The van der Waals surface area contributed by atoms with Gasteiger partial charge in [-0.15, -0.1) is 0 Å². The quantitative estimate of drug-likeness (QED) is 0.757. The van der Waals surface area contributed by atoms with Crippen molar-refractivity contribution in [1.82, 2.24) is 9.78 Å². The summed E-state index contributed by atoms with van der Waals surface area (Å²) < 4.78 is 44.6. The molecule has 0 aliphatic rings. The lowest BCUT2D eigenvalue weighted by molar-refractivity contribution is -0.0886. The van der Waals surface area contributed by atoms with Crippen LogP contribution in [0, 0.1) is 0 Å². The fourth-order valence-electron chi connectivity index (χ4n) is 2.03. The molecule has 0 amide bonds. The van der Waals surface area contributed by atoms with E-state index in [0.717, 1.165) is 0 Å². The lowest BCUT2D eigenvalue weighted by atomic mass is 10.0. The summed E-state index contributed by atoms with van der Waals surface area (Å²) in [4.78, 5) is 11.6. The summed E-state index contributed by atoms with van der Waals surface area (Å²) >= 11 is 0. The van der Waals surface area contributed by atoms with E-state index < -0.39 is 12.0 Å². The molecule has 0 N–H and O–H groups in total. The smallest absolute Gasteiger partial charge is 0.380 e. The SMILES string of the molecule is CCc1nn(CC(C)OC)c(CC)c1C(=O)C(F)(F)F. The minimum Gasteiger partial charge on any atom is -0.380 e. The second kappa shape index (κ2) is 6.39. The van der Waals surface area contributed by atoms with E-state index >= 15 is 0 Å². The highest BCUT2D eigenvalue weighted by atomic mass is 19.4. The van der Waals surface area contributed by atoms with E-state index in [2.05, 4.69) is 5.10 Å². The van der Waals surface area contributed by atoms with Gasteiger partial charge >= 0.3 is 6.18 Å². The number of aromatic nitrogens is 2. The van der Waals surface area contributed by atoms with Crippen molar-refractivity contribution in [3.05, 3.63) is 17.0 Å². The first-order chi connectivity index (χ1) is 9.26. The van der Waals surface area contributed by atoms with Gasteiger partial charge < -0.3 is 4.74 Å². The number of methoxy groups -OCH3 is 1. The Kier molecular flexibility index (Phi) is 5.33. The first-order valence-corrected chi connectivity index (χ1v) is 6.49. The molecule has 1 heterocycles. The van der Waals surface area contributed by atoms with E-state index in [0.29, 0.717) is 18.7 Å². The number of ether oxygens (including phenoxy) is 1. The van der Waals surface area contributed by atoms with Gasteiger partial charge in [0.25, 0.3) is 5.78 Å². The number of aryl methyl sites for hydroxylation is 1. The molecule has 0 aliphatic carbocycles. The summed E-state index contributed by atoms with van der Waals surface area (Å²) in [6.45, 7) is 5.49. The van der Waals surface area contributed by atoms with Crippen LogP contribution in [0.3, 0.4) is 0 Å². The molecule has 1 unspecified atom stereocenters. The first kappa shape index (κ1) is 16.7. The van der Waals surface area contributed by atoms with Crippen molar-refractivity contribution in [3.8, 4) is 0 Å². The van der Waals surface area contributed by atoms with E-state index in [1.165, 1.54) is 11.8 Å². The van der Waals surface area contributed by atoms with Gasteiger partial charge in [-0.2, -0.15) is 18.3 Å². The van der Waals surface area contributed by atoms with Gasteiger partial charge in [-0.05, 0) is 19.8 Å². The number of alkyl halides is 3. The van der Waals surface area contributed by atoms with Crippen LogP contribution in [0.15, 0.2) is 0 Å². The van der Waals surface area contributed by atoms with Gasteiger partial charge in [0.1, 0.15) is 0 Å². The van der Waals surface area contributed by atoms with Crippen molar-refractivity contribution in [2.24, 2.45) is 0 Å². The van der Waals surface area contributed by atoms with Gasteiger partial charge in [-0.3, -0.25) is 9.48 Å². The Balaban J connectivity index is 3.32. The van der Waals surface area contributed by atoms with Gasteiger partial charge in [0.15, 0.2) is 0 Å². The Labute approximate surface area is 115 Å². The lowest BCUT2D eigenvalue weighted by Gasteiger charge is -2.12. The summed E-state index contributed by atoms with van der Waals surface area (Å²) in [5.74, 6) is -1.82. The topological polar surface area (TPSA) is 44.1 Å². The fourth-order valence-corrected chi connectivity index (χ4v) is 2.03. The number of hydrogen-bond acceptors (Lipinski definition) is 3. The van der Waals surface area contributed by atoms with Gasteiger partial charge in [-0.25, -0.2) is 0 Å². The van der Waals surface area contributed by atoms with Gasteiger partial charge in [0.05, 0.1) is 23.9 Å².